The maximum atomic E-state index is 12.7. The van der Waals surface area contributed by atoms with Crippen LogP contribution in [0.3, 0.4) is 0 Å². The van der Waals surface area contributed by atoms with Crippen LogP contribution in [0.25, 0.3) is 11.4 Å². The first-order valence-corrected chi connectivity index (χ1v) is 13.4. The minimum absolute atomic E-state index is 0.146. The van der Waals surface area contributed by atoms with Crippen molar-refractivity contribution in [3.63, 3.8) is 0 Å². The van der Waals surface area contributed by atoms with Crippen LogP contribution in [-0.4, -0.2) is 34.3 Å². The standard InChI is InChI=1S/C28H35IN2O6/c1-27(2,3)26(33)21-16-20(30-36-21)24-23(29)25(37-31-24)19(15-22(32)35-28(4,5)6)13-10-14-34-17-18-11-8-7-9-12-18/h7-9,11-12,16,19H,10,13-15,17H2,1-6H3/t19-/m0/s1. The molecule has 0 aliphatic carbocycles. The van der Waals surface area contributed by atoms with E-state index in [1.54, 1.807) is 6.07 Å². The first kappa shape index (κ1) is 29.0. The number of ketones is 1. The monoisotopic (exact) mass is 622 g/mol. The van der Waals surface area contributed by atoms with Gasteiger partial charge in [-0.1, -0.05) is 61.4 Å². The first-order chi connectivity index (χ1) is 17.3. The molecule has 0 saturated carbocycles. The Labute approximate surface area is 231 Å². The summed E-state index contributed by atoms with van der Waals surface area (Å²) >= 11 is 2.14. The molecule has 200 valence electrons. The van der Waals surface area contributed by atoms with E-state index in [-0.39, 0.29) is 29.9 Å². The number of rotatable bonds is 11. The average Bonchev–Trinajstić information content (AvgIpc) is 3.43. The van der Waals surface area contributed by atoms with Crippen molar-refractivity contribution in [1.82, 2.24) is 10.3 Å². The largest absolute Gasteiger partial charge is 0.460 e. The fourth-order valence-corrected chi connectivity index (χ4v) is 4.59. The molecule has 0 radical (unpaired) electrons. The van der Waals surface area contributed by atoms with Crippen LogP contribution in [-0.2, 0) is 20.9 Å². The number of ether oxygens (including phenoxy) is 2. The number of halogens is 1. The van der Waals surface area contributed by atoms with Crippen LogP contribution >= 0.6 is 22.6 Å². The average molecular weight is 623 g/mol. The molecule has 0 saturated heterocycles. The summed E-state index contributed by atoms with van der Waals surface area (Å²) in [6, 6.07) is 11.6. The maximum absolute atomic E-state index is 12.7. The van der Waals surface area contributed by atoms with Gasteiger partial charge in [-0.05, 0) is 61.8 Å². The lowest BCUT2D eigenvalue weighted by atomic mass is 9.89. The summed E-state index contributed by atoms with van der Waals surface area (Å²) in [4.78, 5) is 25.3. The van der Waals surface area contributed by atoms with Gasteiger partial charge in [0.15, 0.2) is 5.76 Å². The second kappa shape index (κ2) is 12.3. The lowest BCUT2D eigenvalue weighted by Gasteiger charge is -2.21. The van der Waals surface area contributed by atoms with Gasteiger partial charge in [0.05, 0.1) is 16.6 Å². The minimum Gasteiger partial charge on any atom is -0.460 e. The molecular weight excluding hydrogens is 587 g/mol. The van der Waals surface area contributed by atoms with Crippen LogP contribution in [0.1, 0.15) is 88.6 Å². The van der Waals surface area contributed by atoms with E-state index >= 15 is 0 Å². The molecule has 0 fully saturated rings. The predicted molar refractivity (Wildman–Crippen MR) is 147 cm³/mol. The van der Waals surface area contributed by atoms with Crippen molar-refractivity contribution >= 4 is 34.3 Å². The van der Waals surface area contributed by atoms with Gasteiger partial charge in [-0.15, -0.1) is 0 Å². The van der Waals surface area contributed by atoms with Crippen molar-refractivity contribution in [2.75, 3.05) is 6.61 Å². The van der Waals surface area contributed by atoms with Gasteiger partial charge < -0.3 is 18.5 Å². The Morgan fingerprint density at radius 3 is 2.38 bits per heavy atom. The number of esters is 1. The molecule has 0 spiro atoms. The zero-order valence-corrected chi connectivity index (χ0v) is 24.5. The molecule has 1 aromatic carbocycles. The molecule has 9 heteroatoms. The van der Waals surface area contributed by atoms with Gasteiger partial charge in [-0.3, -0.25) is 9.59 Å². The van der Waals surface area contributed by atoms with Gasteiger partial charge in [0, 0.05) is 24.0 Å². The second-order valence-corrected chi connectivity index (χ2v) is 12.1. The molecule has 3 aromatic rings. The molecule has 0 N–H and O–H groups in total. The number of hydrogen-bond donors (Lipinski definition) is 0. The van der Waals surface area contributed by atoms with Gasteiger partial charge in [0.25, 0.3) is 0 Å². The number of carbonyl (C=O) groups is 2. The zero-order valence-electron chi connectivity index (χ0n) is 22.3. The topological polar surface area (TPSA) is 105 Å². The Bertz CT molecular complexity index is 1190. The summed E-state index contributed by atoms with van der Waals surface area (Å²) in [5.41, 5.74) is 0.812. The van der Waals surface area contributed by atoms with E-state index in [1.165, 1.54) is 0 Å². The number of aromatic nitrogens is 2. The predicted octanol–water partition coefficient (Wildman–Crippen LogP) is 6.98. The number of carbonyl (C=O) groups excluding carboxylic acids is 2. The smallest absolute Gasteiger partial charge is 0.307 e. The van der Waals surface area contributed by atoms with Gasteiger partial charge in [-0.25, -0.2) is 0 Å². The van der Waals surface area contributed by atoms with E-state index < -0.39 is 11.0 Å². The van der Waals surface area contributed by atoms with Gasteiger partial charge >= 0.3 is 5.97 Å². The lowest BCUT2D eigenvalue weighted by Crippen LogP contribution is -2.25. The maximum Gasteiger partial charge on any atom is 0.307 e. The summed E-state index contributed by atoms with van der Waals surface area (Å²) in [7, 11) is 0. The molecule has 0 aliphatic heterocycles. The highest BCUT2D eigenvalue weighted by atomic mass is 127. The minimum atomic E-state index is -0.597. The third-order valence-electron chi connectivity index (χ3n) is 5.47. The highest BCUT2D eigenvalue weighted by Gasteiger charge is 2.31. The van der Waals surface area contributed by atoms with Gasteiger partial charge in [0.2, 0.25) is 11.5 Å². The van der Waals surface area contributed by atoms with Crippen LogP contribution in [0.5, 0.6) is 0 Å². The molecule has 0 amide bonds. The SMILES string of the molecule is CC(C)(C)OC(=O)C[C@H](CCCOCc1ccccc1)c1onc(-c2cc(C(=O)C(C)(C)C)on2)c1I. The van der Waals surface area contributed by atoms with E-state index in [1.807, 2.05) is 71.9 Å². The Balaban J connectivity index is 1.73. The highest BCUT2D eigenvalue weighted by Crippen LogP contribution is 2.36. The fourth-order valence-electron chi connectivity index (χ4n) is 3.67. The normalized spacial score (nSPS) is 12.9. The summed E-state index contributed by atoms with van der Waals surface area (Å²) in [6.45, 7) is 12.1. The van der Waals surface area contributed by atoms with Crippen molar-refractivity contribution in [2.24, 2.45) is 5.41 Å². The lowest BCUT2D eigenvalue weighted by molar-refractivity contribution is -0.155. The number of nitrogens with zero attached hydrogens (tertiary/aromatic N) is 2. The Hall–Kier alpha value is -2.53. The van der Waals surface area contributed by atoms with Gasteiger partial charge in [-0.2, -0.15) is 0 Å². The summed E-state index contributed by atoms with van der Waals surface area (Å²) in [5.74, 6) is 0.0325. The summed E-state index contributed by atoms with van der Waals surface area (Å²) in [6.07, 6.45) is 1.51. The van der Waals surface area contributed by atoms with Gasteiger partial charge in [0.1, 0.15) is 17.0 Å². The van der Waals surface area contributed by atoms with E-state index in [9.17, 15) is 9.59 Å². The Kier molecular flexibility index (Phi) is 9.68. The highest BCUT2D eigenvalue weighted by molar-refractivity contribution is 14.1. The van der Waals surface area contributed by atoms with Crippen molar-refractivity contribution < 1.29 is 28.1 Å². The van der Waals surface area contributed by atoms with Crippen molar-refractivity contribution in [3.8, 4) is 11.4 Å². The molecule has 37 heavy (non-hydrogen) atoms. The third kappa shape index (κ3) is 8.49. The molecule has 0 aliphatic rings. The van der Waals surface area contributed by atoms with Crippen LogP contribution in [0, 0.1) is 8.99 Å². The molecule has 0 unspecified atom stereocenters. The zero-order chi connectivity index (χ0) is 27.2. The van der Waals surface area contributed by atoms with E-state index in [2.05, 4.69) is 32.9 Å². The molecule has 2 heterocycles. The van der Waals surface area contributed by atoms with Crippen LogP contribution < -0.4 is 0 Å². The van der Waals surface area contributed by atoms with Crippen LogP contribution in [0.15, 0.2) is 45.4 Å². The number of hydrogen-bond acceptors (Lipinski definition) is 8. The number of Topliss-reactive ketones (excluding diaryl/α,β-unsaturated/α-hetero) is 1. The molecule has 3 rings (SSSR count). The Morgan fingerprint density at radius 2 is 1.73 bits per heavy atom. The van der Waals surface area contributed by atoms with Crippen LogP contribution in [0.4, 0.5) is 0 Å². The Morgan fingerprint density at radius 1 is 1.03 bits per heavy atom. The third-order valence-corrected chi connectivity index (χ3v) is 6.52. The molecule has 2 aromatic heterocycles. The summed E-state index contributed by atoms with van der Waals surface area (Å²) < 4.78 is 23.2. The molecule has 8 nitrogen and oxygen atoms in total. The molecule has 0 bridgehead atoms. The summed E-state index contributed by atoms with van der Waals surface area (Å²) in [5, 5.41) is 8.25. The fraction of sp³-hybridized carbons (Fsp3) is 0.500. The van der Waals surface area contributed by atoms with Crippen molar-refractivity contribution in [2.45, 2.75) is 78.9 Å². The second-order valence-electron chi connectivity index (χ2n) is 11.0. The van der Waals surface area contributed by atoms with Crippen molar-refractivity contribution in [3.05, 3.63) is 57.1 Å². The molecule has 1 atom stereocenters. The van der Waals surface area contributed by atoms with Crippen molar-refractivity contribution in [1.29, 1.82) is 0 Å². The first-order valence-electron chi connectivity index (χ1n) is 12.4. The molecular formula is C28H35IN2O6. The van der Waals surface area contributed by atoms with Crippen LogP contribution in [0.2, 0.25) is 0 Å². The quantitative estimate of drug-likeness (QED) is 0.0977. The van der Waals surface area contributed by atoms with E-state index in [0.717, 1.165) is 15.6 Å². The number of benzene rings is 1. The van der Waals surface area contributed by atoms with E-state index in [0.29, 0.717) is 36.8 Å². The van der Waals surface area contributed by atoms with E-state index in [4.69, 9.17) is 18.5 Å².